The molecule has 0 spiro atoms. The molecule has 0 amide bonds. The summed E-state index contributed by atoms with van der Waals surface area (Å²) in [5, 5.41) is 17.6. The predicted molar refractivity (Wildman–Crippen MR) is 88.0 cm³/mol. The molecular formula is C16H18N6O2. The van der Waals surface area contributed by atoms with E-state index in [1.165, 1.54) is 6.20 Å². The van der Waals surface area contributed by atoms with Crippen LogP contribution < -0.4 is 14.5 Å². The summed E-state index contributed by atoms with van der Waals surface area (Å²) in [6, 6.07) is 5.68. The quantitative estimate of drug-likeness (QED) is 0.845. The van der Waals surface area contributed by atoms with Gasteiger partial charge in [-0.15, -0.1) is 0 Å². The van der Waals surface area contributed by atoms with Crippen LogP contribution in [-0.2, 0) is 0 Å². The van der Waals surface area contributed by atoms with Crippen LogP contribution in [0.4, 0.5) is 11.5 Å². The number of aromatic nitrogens is 3. The zero-order valence-corrected chi connectivity index (χ0v) is 13.2. The zero-order chi connectivity index (χ0) is 16.8. The van der Waals surface area contributed by atoms with E-state index < -0.39 is 0 Å². The number of rotatable bonds is 5. The van der Waals surface area contributed by atoms with Gasteiger partial charge in [0.1, 0.15) is 18.4 Å². The highest BCUT2D eigenvalue weighted by atomic mass is 16.5. The lowest BCUT2D eigenvalue weighted by Crippen LogP contribution is -2.46. The monoisotopic (exact) mass is 326 g/mol. The lowest BCUT2D eigenvalue weighted by Gasteiger charge is -2.36. The van der Waals surface area contributed by atoms with Gasteiger partial charge in [-0.3, -0.25) is 4.98 Å². The minimum atomic E-state index is -0.0524. The highest BCUT2D eigenvalue weighted by Crippen LogP contribution is 2.19. The van der Waals surface area contributed by atoms with E-state index in [-0.39, 0.29) is 13.2 Å². The normalized spacial score (nSPS) is 14.3. The SMILES string of the molecule is N#Cc1ccc(N2CCN(c3cncc(OCCO)n3)CC2)cn1. The molecule has 1 fully saturated rings. The van der Waals surface area contributed by atoms with Crippen LogP contribution in [-0.4, -0.2) is 59.5 Å². The van der Waals surface area contributed by atoms with Crippen molar-refractivity contribution >= 4 is 11.5 Å². The number of anilines is 2. The molecule has 8 nitrogen and oxygen atoms in total. The van der Waals surface area contributed by atoms with Crippen LogP contribution >= 0.6 is 0 Å². The fraction of sp³-hybridized carbons (Fsp3) is 0.375. The van der Waals surface area contributed by atoms with E-state index in [1.54, 1.807) is 18.5 Å². The third kappa shape index (κ3) is 3.70. The predicted octanol–water partition coefficient (Wildman–Crippen LogP) is 0.441. The number of nitriles is 1. The minimum absolute atomic E-state index is 0.0524. The summed E-state index contributed by atoms with van der Waals surface area (Å²) in [5.74, 6) is 1.18. The van der Waals surface area contributed by atoms with Crippen LogP contribution in [0.15, 0.2) is 30.7 Å². The molecule has 3 heterocycles. The Kier molecular flexibility index (Phi) is 5.03. The van der Waals surface area contributed by atoms with Crippen molar-refractivity contribution in [3.05, 3.63) is 36.4 Å². The van der Waals surface area contributed by atoms with Crippen molar-refractivity contribution in [3.8, 4) is 11.9 Å². The highest BCUT2D eigenvalue weighted by Gasteiger charge is 2.19. The Morgan fingerprint density at radius 2 is 1.92 bits per heavy atom. The van der Waals surface area contributed by atoms with Gasteiger partial charge in [-0.05, 0) is 12.1 Å². The van der Waals surface area contributed by atoms with Crippen molar-refractivity contribution < 1.29 is 9.84 Å². The molecule has 1 saturated heterocycles. The first-order valence-corrected chi connectivity index (χ1v) is 7.72. The van der Waals surface area contributed by atoms with Crippen molar-refractivity contribution in [2.45, 2.75) is 0 Å². The lowest BCUT2D eigenvalue weighted by molar-refractivity contribution is 0.196. The summed E-state index contributed by atoms with van der Waals surface area (Å²) in [6.07, 6.45) is 4.99. The van der Waals surface area contributed by atoms with Crippen molar-refractivity contribution in [2.24, 2.45) is 0 Å². The molecule has 0 aromatic carbocycles. The minimum Gasteiger partial charge on any atom is -0.474 e. The molecule has 24 heavy (non-hydrogen) atoms. The Labute approximate surface area is 140 Å². The Morgan fingerprint density at radius 3 is 2.58 bits per heavy atom. The molecule has 1 aliphatic rings. The van der Waals surface area contributed by atoms with E-state index in [0.29, 0.717) is 11.6 Å². The van der Waals surface area contributed by atoms with E-state index in [4.69, 9.17) is 15.1 Å². The van der Waals surface area contributed by atoms with Crippen molar-refractivity contribution in [1.82, 2.24) is 15.0 Å². The van der Waals surface area contributed by atoms with E-state index in [0.717, 1.165) is 37.7 Å². The van der Waals surface area contributed by atoms with Gasteiger partial charge in [0.15, 0.2) is 5.82 Å². The maximum Gasteiger partial charge on any atom is 0.234 e. The number of nitrogens with zero attached hydrogens (tertiary/aromatic N) is 6. The van der Waals surface area contributed by atoms with Gasteiger partial charge in [-0.25, -0.2) is 4.98 Å². The van der Waals surface area contributed by atoms with Crippen LogP contribution in [0.5, 0.6) is 5.88 Å². The first kappa shape index (κ1) is 16.0. The summed E-state index contributed by atoms with van der Waals surface area (Å²) >= 11 is 0. The van der Waals surface area contributed by atoms with E-state index in [1.807, 2.05) is 12.1 Å². The summed E-state index contributed by atoms with van der Waals surface area (Å²) in [6.45, 7) is 3.42. The number of ether oxygens (including phenoxy) is 1. The van der Waals surface area contributed by atoms with Gasteiger partial charge in [0.25, 0.3) is 0 Å². The smallest absolute Gasteiger partial charge is 0.234 e. The molecule has 1 N–H and O–H groups in total. The zero-order valence-electron chi connectivity index (χ0n) is 13.2. The molecule has 8 heteroatoms. The third-order valence-corrected chi connectivity index (χ3v) is 3.77. The lowest BCUT2D eigenvalue weighted by atomic mass is 10.2. The Morgan fingerprint density at radius 1 is 1.12 bits per heavy atom. The fourth-order valence-corrected chi connectivity index (χ4v) is 2.54. The van der Waals surface area contributed by atoms with Crippen molar-refractivity contribution in [1.29, 1.82) is 5.26 Å². The first-order valence-electron chi connectivity index (χ1n) is 7.72. The van der Waals surface area contributed by atoms with Crippen LogP contribution in [0.2, 0.25) is 0 Å². The summed E-state index contributed by atoms with van der Waals surface area (Å²) < 4.78 is 5.30. The second-order valence-corrected chi connectivity index (χ2v) is 5.28. The molecular weight excluding hydrogens is 308 g/mol. The molecule has 2 aromatic rings. The molecule has 0 radical (unpaired) electrons. The van der Waals surface area contributed by atoms with Crippen LogP contribution in [0.25, 0.3) is 0 Å². The maximum absolute atomic E-state index is 8.81. The van der Waals surface area contributed by atoms with Gasteiger partial charge in [-0.2, -0.15) is 10.2 Å². The van der Waals surface area contributed by atoms with Crippen LogP contribution in [0.3, 0.4) is 0 Å². The Hall–Kier alpha value is -2.92. The highest BCUT2D eigenvalue weighted by molar-refractivity contribution is 5.48. The van der Waals surface area contributed by atoms with Gasteiger partial charge in [0.2, 0.25) is 5.88 Å². The largest absolute Gasteiger partial charge is 0.474 e. The molecule has 0 aliphatic carbocycles. The molecule has 124 valence electrons. The molecule has 0 saturated carbocycles. The standard InChI is InChI=1S/C16H18N6O2/c17-9-13-1-2-14(10-19-13)21-3-5-22(6-4-21)15-11-18-12-16(20-15)24-8-7-23/h1-2,10-12,23H,3-8H2. The van der Waals surface area contributed by atoms with Gasteiger partial charge >= 0.3 is 0 Å². The van der Waals surface area contributed by atoms with Gasteiger partial charge in [-0.1, -0.05) is 0 Å². The second-order valence-electron chi connectivity index (χ2n) is 5.28. The number of piperazine rings is 1. The third-order valence-electron chi connectivity index (χ3n) is 3.77. The molecule has 1 aliphatic heterocycles. The summed E-state index contributed by atoms with van der Waals surface area (Å²) in [5.41, 5.74) is 1.44. The maximum atomic E-state index is 8.81. The molecule has 3 rings (SSSR count). The molecule has 0 unspecified atom stereocenters. The van der Waals surface area contributed by atoms with Gasteiger partial charge < -0.3 is 19.6 Å². The number of hydrogen-bond donors (Lipinski definition) is 1. The summed E-state index contributed by atoms with van der Waals surface area (Å²) in [4.78, 5) is 17.0. The average Bonchev–Trinajstić information content (AvgIpc) is 2.67. The van der Waals surface area contributed by atoms with Crippen LogP contribution in [0, 0.1) is 11.3 Å². The number of aliphatic hydroxyl groups excluding tert-OH is 1. The number of aliphatic hydroxyl groups is 1. The molecule has 0 atom stereocenters. The second kappa shape index (κ2) is 7.57. The summed E-state index contributed by atoms with van der Waals surface area (Å²) in [7, 11) is 0. The van der Waals surface area contributed by atoms with E-state index in [2.05, 4.69) is 24.8 Å². The molecule has 2 aromatic heterocycles. The van der Waals surface area contributed by atoms with Crippen LogP contribution in [0.1, 0.15) is 5.69 Å². The van der Waals surface area contributed by atoms with Gasteiger partial charge in [0.05, 0.1) is 30.9 Å². The van der Waals surface area contributed by atoms with E-state index >= 15 is 0 Å². The van der Waals surface area contributed by atoms with Crippen molar-refractivity contribution in [2.75, 3.05) is 49.2 Å². The van der Waals surface area contributed by atoms with Gasteiger partial charge in [0, 0.05) is 26.2 Å². The average molecular weight is 326 g/mol. The Bertz CT molecular complexity index is 707. The Balaban J connectivity index is 1.61. The number of pyridine rings is 1. The number of hydrogen-bond acceptors (Lipinski definition) is 8. The van der Waals surface area contributed by atoms with E-state index in [9.17, 15) is 0 Å². The fourth-order valence-electron chi connectivity index (χ4n) is 2.54. The van der Waals surface area contributed by atoms with Crippen molar-refractivity contribution in [3.63, 3.8) is 0 Å². The molecule has 0 bridgehead atoms. The topological polar surface area (TPSA) is 98.4 Å². The first-order chi connectivity index (χ1) is 11.8.